The van der Waals surface area contributed by atoms with Crippen molar-refractivity contribution in [1.82, 2.24) is 19.9 Å². The Bertz CT molecular complexity index is 2310. The van der Waals surface area contributed by atoms with Gasteiger partial charge in [0, 0.05) is 34.2 Å². The first-order valence-corrected chi connectivity index (χ1v) is 15.1. The predicted molar refractivity (Wildman–Crippen MR) is 179 cm³/mol. The van der Waals surface area contributed by atoms with Gasteiger partial charge in [-0.3, -0.25) is 0 Å². The summed E-state index contributed by atoms with van der Waals surface area (Å²) in [5.41, 5.74) is 5.37. The van der Waals surface area contributed by atoms with Gasteiger partial charge in [0.15, 0.2) is 17.5 Å². The van der Waals surface area contributed by atoms with Crippen LogP contribution in [0.3, 0.4) is 0 Å². The Morgan fingerprint density at radius 3 is 1.78 bits per heavy atom. The van der Waals surface area contributed by atoms with E-state index in [0.717, 1.165) is 39.1 Å². The maximum Gasteiger partial charge on any atom is 0.182 e. The molecule has 0 bridgehead atoms. The van der Waals surface area contributed by atoms with Gasteiger partial charge in [0.2, 0.25) is 0 Å². The van der Waals surface area contributed by atoms with Crippen LogP contribution in [0.4, 0.5) is 0 Å². The number of benzene rings is 5. The van der Waals surface area contributed by atoms with Crippen molar-refractivity contribution in [1.29, 1.82) is 0 Å². The molecule has 0 saturated carbocycles. The zero-order valence-electron chi connectivity index (χ0n) is 24.2. The van der Waals surface area contributed by atoms with Crippen LogP contribution in [0.25, 0.3) is 68.5 Å². The average Bonchev–Trinajstić information content (AvgIpc) is 3.47. The Balaban J connectivity index is 1.31. The van der Waals surface area contributed by atoms with E-state index in [2.05, 4.69) is 84.9 Å². The SMILES string of the molecule is C1=c2ccccc2=CC2c3c(cc(-c4ccc5ccccc5c4)nc3-c3nc(-c4ccccc4)nc(-c4ccccc4)n3)OC12. The highest BCUT2D eigenvalue weighted by atomic mass is 16.5. The summed E-state index contributed by atoms with van der Waals surface area (Å²) in [4.78, 5) is 20.4. The summed E-state index contributed by atoms with van der Waals surface area (Å²) < 4.78 is 6.71. The molecule has 2 unspecified atom stereocenters. The Hall–Kier alpha value is -5.94. The van der Waals surface area contributed by atoms with Crippen molar-refractivity contribution in [3.63, 3.8) is 0 Å². The van der Waals surface area contributed by atoms with Crippen molar-refractivity contribution < 1.29 is 4.74 Å². The van der Waals surface area contributed by atoms with Gasteiger partial charge in [0.25, 0.3) is 0 Å². The highest BCUT2D eigenvalue weighted by molar-refractivity contribution is 5.87. The standard InChI is InChI=1S/C40H26N4O/c1-3-12-26(13-4-1)38-42-39(27-14-5-2-6-15-27)44-40(43-38)37-36-32-22-29-17-9-10-18-30(29)23-34(32)45-35(36)24-33(41-37)31-20-19-25-11-7-8-16-28(25)21-31/h1-24,32,34H. The minimum atomic E-state index is -0.147. The van der Waals surface area contributed by atoms with Crippen LogP contribution < -0.4 is 15.2 Å². The third-order valence-corrected chi connectivity index (χ3v) is 8.63. The first-order valence-electron chi connectivity index (χ1n) is 15.1. The van der Waals surface area contributed by atoms with Crippen molar-refractivity contribution in [2.75, 3.05) is 0 Å². The molecular formula is C40H26N4O. The van der Waals surface area contributed by atoms with Crippen LogP contribution >= 0.6 is 0 Å². The third kappa shape index (κ3) is 4.48. The number of aromatic nitrogens is 4. The number of hydrogen-bond donors (Lipinski definition) is 0. The molecule has 0 radical (unpaired) electrons. The molecule has 7 aromatic rings. The molecule has 45 heavy (non-hydrogen) atoms. The Morgan fingerprint density at radius 1 is 0.467 bits per heavy atom. The number of fused-ring (bicyclic) bond motifs is 5. The van der Waals surface area contributed by atoms with Gasteiger partial charge in [-0.15, -0.1) is 0 Å². The van der Waals surface area contributed by atoms with E-state index < -0.39 is 0 Å². The van der Waals surface area contributed by atoms with E-state index in [1.807, 2.05) is 60.7 Å². The van der Waals surface area contributed by atoms with Gasteiger partial charge in [-0.05, 0) is 33.4 Å². The third-order valence-electron chi connectivity index (χ3n) is 8.63. The van der Waals surface area contributed by atoms with Crippen LogP contribution in [0.5, 0.6) is 5.75 Å². The molecular weight excluding hydrogens is 552 g/mol. The Labute approximate surface area is 259 Å². The first kappa shape index (κ1) is 25.5. The highest BCUT2D eigenvalue weighted by Crippen LogP contribution is 2.46. The van der Waals surface area contributed by atoms with Crippen molar-refractivity contribution in [2.45, 2.75) is 12.0 Å². The second-order valence-corrected chi connectivity index (χ2v) is 11.4. The number of ether oxygens (including phenoxy) is 1. The molecule has 2 aromatic heterocycles. The molecule has 212 valence electrons. The topological polar surface area (TPSA) is 60.8 Å². The molecule has 5 aromatic carbocycles. The molecule has 5 nitrogen and oxygen atoms in total. The molecule has 0 fully saturated rings. The van der Waals surface area contributed by atoms with E-state index in [1.54, 1.807) is 0 Å². The summed E-state index contributed by atoms with van der Waals surface area (Å²) in [6, 6.07) is 45.4. The lowest BCUT2D eigenvalue weighted by Crippen LogP contribution is -2.34. The molecule has 2 atom stereocenters. The van der Waals surface area contributed by atoms with Crippen molar-refractivity contribution in [3.05, 3.63) is 149 Å². The van der Waals surface area contributed by atoms with Gasteiger partial charge in [0.1, 0.15) is 17.5 Å². The number of rotatable bonds is 4. The molecule has 9 rings (SSSR count). The summed E-state index contributed by atoms with van der Waals surface area (Å²) >= 11 is 0. The fourth-order valence-electron chi connectivity index (χ4n) is 6.42. The van der Waals surface area contributed by atoms with E-state index in [9.17, 15) is 0 Å². The first-order chi connectivity index (χ1) is 22.3. The minimum absolute atomic E-state index is 0.0276. The van der Waals surface area contributed by atoms with Gasteiger partial charge in [0.05, 0.1) is 5.69 Å². The summed E-state index contributed by atoms with van der Waals surface area (Å²) in [7, 11) is 0. The predicted octanol–water partition coefficient (Wildman–Crippen LogP) is 7.21. The Kier molecular flexibility index (Phi) is 5.88. The lowest BCUT2D eigenvalue weighted by molar-refractivity contribution is 0.288. The molecule has 2 aliphatic rings. The van der Waals surface area contributed by atoms with E-state index in [-0.39, 0.29) is 12.0 Å². The van der Waals surface area contributed by atoms with Crippen LogP contribution in [0.15, 0.2) is 133 Å². The van der Waals surface area contributed by atoms with Crippen LogP contribution in [-0.4, -0.2) is 26.0 Å². The quantitative estimate of drug-likeness (QED) is 0.221. The van der Waals surface area contributed by atoms with Crippen molar-refractivity contribution >= 4 is 22.9 Å². The second kappa shape index (κ2) is 10.4. The number of hydrogen-bond acceptors (Lipinski definition) is 5. The number of pyridine rings is 1. The molecule has 0 amide bonds. The van der Waals surface area contributed by atoms with Gasteiger partial charge >= 0.3 is 0 Å². The monoisotopic (exact) mass is 578 g/mol. The van der Waals surface area contributed by atoms with Gasteiger partial charge < -0.3 is 4.74 Å². The lowest BCUT2D eigenvalue weighted by atomic mass is 9.88. The normalized spacial score (nSPS) is 16.1. The van der Waals surface area contributed by atoms with Gasteiger partial charge in [-0.1, -0.05) is 127 Å². The lowest BCUT2D eigenvalue weighted by Gasteiger charge is -2.17. The molecule has 0 N–H and O–H groups in total. The minimum Gasteiger partial charge on any atom is -0.485 e. The van der Waals surface area contributed by atoms with E-state index in [1.165, 1.54) is 15.8 Å². The molecule has 3 heterocycles. The smallest absolute Gasteiger partial charge is 0.182 e. The molecule has 0 saturated heterocycles. The molecule has 5 heteroatoms. The summed E-state index contributed by atoms with van der Waals surface area (Å²) in [6.07, 6.45) is 4.37. The van der Waals surface area contributed by atoms with Gasteiger partial charge in [-0.25, -0.2) is 19.9 Å². The zero-order chi connectivity index (χ0) is 29.7. The van der Waals surface area contributed by atoms with E-state index >= 15 is 0 Å². The maximum atomic E-state index is 6.71. The molecule has 1 aliphatic heterocycles. The second-order valence-electron chi connectivity index (χ2n) is 11.4. The average molecular weight is 579 g/mol. The van der Waals surface area contributed by atoms with Crippen molar-refractivity contribution in [3.8, 4) is 51.3 Å². The van der Waals surface area contributed by atoms with Crippen LogP contribution in [0.2, 0.25) is 0 Å². The van der Waals surface area contributed by atoms with Gasteiger partial charge in [-0.2, -0.15) is 0 Å². The van der Waals surface area contributed by atoms with Crippen LogP contribution in [0, 0.1) is 0 Å². The van der Waals surface area contributed by atoms with E-state index in [4.69, 9.17) is 24.7 Å². The van der Waals surface area contributed by atoms with Crippen molar-refractivity contribution in [2.24, 2.45) is 0 Å². The van der Waals surface area contributed by atoms with E-state index in [0.29, 0.717) is 23.2 Å². The Morgan fingerprint density at radius 2 is 1.07 bits per heavy atom. The zero-order valence-corrected chi connectivity index (χ0v) is 24.2. The number of nitrogens with zero attached hydrogens (tertiary/aromatic N) is 4. The van der Waals surface area contributed by atoms with Crippen LogP contribution in [-0.2, 0) is 0 Å². The summed E-state index contributed by atoms with van der Waals surface area (Å²) in [6.45, 7) is 0. The fourth-order valence-corrected chi connectivity index (χ4v) is 6.42. The largest absolute Gasteiger partial charge is 0.485 e. The molecule has 0 spiro atoms. The fraction of sp³-hybridized carbons (Fsp3) is 0.0500. The molecule has 1 aliphatic carbocycles. The maximum absolute atomic E-state index is 6.71. The summed E-state index contributed by atoms with van der Waals surface area (Å²) in [5, 5.41) is 4.70. The highest BCUT2D eigenvalue weighted by Gasteiger charge is 2.37. The summed E-state index contributed by atoms with van der Waals surface area (Å²) in [5.74, 6) is 2.51. The van der Waals surface area contributed by atoms with Crippen LogP contribution in [0.1, 0.15) is 11.5 Å².